The summed E-state index contributed by atoms with van der Waals surface area (Å²) in [4.78, 5) is 11.6. The molecule has 3 N–H and O–H groups in total. The SMILES string of the molecule is CC(C)=CC(=O)NC(C)c1ccc(S(N)(=O)=O)cc1. The molecule has 0 radical (unpaired) electrons. The summed E-state index contributed by atoms with van der Waals surface area (Å²) < 4.78 is 22.2. The Labute approximate surface area is 113 Å². The highest BCUT2D eigenvalue weighted by Gasteiger charge is 2.11. The number of hydrogen-bond acceptors (Lipinski definition) is 3. The van der Waals surface area contributed by atoms with Crippen LogP contribution in [-0.2, 0) is 14.8 Å². The Bertz CT molecular complexity index is 585. The van der Waals surface area contributed by atoms with Gasteiger partial charge in [-0.2, -0.15) is 0 Å². The van der Waals surface area contributed by atoms with Gasteiger partial charge in [-0.25, -0.2) is 13.6 Å². The van der Waals surface area contributed by atoms with Crippen LogP contribution >= 0.6 is 0 Å². The Kier molecular flexibility index (Phi) is 4.85. The predicted molar refractivity (Wildman–Crippen MR) is 73.8 cm³/mol. The normalized spacial score (nSPS) is 12.6. The molecule has 0 fully saturated rings. The zero-order chi connectivity index (χ0) is 14.6. The van der Waals surface area contributed by atoms with Crippen LogP contribution < -0.4 is 10.5 Å². The first-order valence-corrected chi connectivity index (χ1v) is 7.33. The molecule has 6 heteroatoms. The first-order chi connectivity index (χ1) is 8.70. The number of carbonyl (C=O) groups is 1. The smallest absolute Gasteiger partial charge is 0.244 e. The summed E-state index contributed by atoms with van der Waals surface area (Å²) in [5.41, 5.74) is 1.72. The van der Waals surface area contributed by atoms with Crippen LogP contribution in [-0.4, -0.2) is 14.3 Å². The van der Waals surface area contributed by atoms with Gasteiger partial charge < -0.3 is 5.32 Å². The Morgan fingerprint density at radius 3 is 2.21 bits per heavy atom. The standard InChI is InChI=1S/C13H18N2O3S/c1-9(2)8-13(16)15-10(3)11-4-6-12(7-5-11)19(14,17)18/h4-8,10H,1-3H3,(H,15,16)(H2,14,17,18). The number of carbonyl (C=O) groups excluding carboxylic acids is 1. The van der Waals surface area contributed by atoms with Gasteiger partial charge >= 0.3 is 0 Å². The van der Waals surface area contributed by atoms with E-state index < -0.39 is 10.0 Å². The van der Waals surface area contributed by atoms with E-state index in [9.17, 15) is 13.2 Å². The van der Waals surface area contributed by atoms with Crippen molar-refractivity contribution in [3.05, 3.63) is 41.5 Å². The van der Waals surface area contributed by atoms with Crippen molar-refractivity contribution in [1.29, 1.82) is 0 Å². The highest BCUT2D eigenvalue weighted by molar-refractivity contribution is 7.89. The van der Waals surface area contributed by atoms with E-state index in [1.54, 1.807) is 12.1 Å². The quantitative estimate of drug-likeness (QED) is 0.820. The summed E-state index contributed by atoms with van der Waals surface area (Å²) in [6, 6.07) is 5.90. The summed E-state index contributed by atoms with van der Waals surface area (Å²) in [7, 11) is -3.68. The molecule has 0 aromatic heterocycles. The predicted octanol–water partition coefficient (Wildman–Crippen LogP) is 1.48. The average molecular weight is 282 g/mol. The Balaban J connectivity index is 2.82. The van der Waals surface area contributed by atoms with Gasteiger partial charge in [-0.05, 0) is 38.5 Å². The van der Waals surface area contributed by atoms with Crippen molar-refractivity contribution in [2.45, 2.75) is 31.7 Å². The molecule has 1 atom stereocenters. The monoisotopic (exact) mass is 282 g/mol. The molecule has 1 unspecified atom stereocenters. The minimum absolute atomic E-state index is 0.0547. The van der Waals surface area contributed by atoms with Crippen LogP contribution in [0.15, 0.2) is 40.8 Å². The molecular weight excluding hydrogens is 264 g/mol. The number of nitrogens with two attached hydrogens (primary N) is 1. The number of rotatable bonds is 4. The minimum atomic E-state index is -3.68. The molecule has 0 spiro atoms. The van der Waals surface area contributed by atoms with Gasteiger partial charge in [0.2, 0.25) is 15.9 Å². The maximum atomic E-state index is 11.6. The topological polar surface area (TPSA) is 89.3 Å². The van der Waals surface area contributed by atoms with Crippen molar-refractivity contribution < 1.29 is 13.2 Å². The van der Waals surface area contributed by atoms with E-state index in [1.165, 1.54) is 18.2 Å². The molecule has 1 amide bonds. The van der Waals surface area contributed by atoms with Crippen molar-refractivity contribution in [3.63, 3.8) is 0 Å². The largest absolute Gasteiger partial charge is 0.346 e. The fourth-order valence-corrected chi connectivity index (χ4v) is 2.06. The molecule has 1 rings (SSSR count). The Morgan fingerprint density at radius 1 is 1.26 bits per heavy atom. The molecule has 0 aliphatic heterocycles. The summed E-state index contributed by atoms with van der Waals surface area (Å²) >= 11 is 0. The summed E-state index contributed by atoms with van der Waals surface area (Å²) in [5.74, 6) is -0.178. The van der Waals surface area contributed by atoms with E-state index in [0.717, 1.165) is 11.1 Å². The molecule has 0 aliphatic rings. The zero-order valence-corrected chi connectivity index (χ0v) is 12.0. The van der Waals surface area contributed by atoms with Crippen LogP contribution in [0.1, 0.15) is 32.4 Å². The maximum Gasteiger partial charge on any atom is 0.244 e. The number of sulfonamides is 1. The van der Waals surface area contributed by atoms with E-state index in [1.807, 2.05) is 20.8 Å². The van der Waals surface area contributed by atoms with Gasteiger partial charge in [0.15, 0.2) is 0 Å². The first-order valence-electron chi connectivity index (χ1n) is 5.78. The summed E-state index contributed by atoms with van der Waals surface area (Å²) in [6.45, 7) is 5.50. The van der Waals surface area contributed by atoms with Gasteiger partial charge in [0.05, 0.1) is 10.9 Å². The van der Waals surface area contributed by atoms with Gasteiger partial charge in [0.25, 0.3) is 0 Å². The van der Waals surface area contributed by atoms with E-state index in [4.69, 9.17) is 5.14 Å². The number of nitrogens with one attached hydrogen (secondary N) is 1. The fraction of sp³-hybridized carbons (Fsp3) is 0.308. The third kappa shape index (κ3) is 4.84. The maximum absolute atomic E-state index is 11.6. The summed E-state index contributed by atoms with van der Waals surface area (Å²) in [5, 5.41) is 7.80. The molecule has 0 aliphatic carbocycles. The van der Waals surface area contributed by atoms with Crippen molar-refractivity contribution in [2.75, 3.05) is 0 Å². The van der Waals surface area contributed by atoms with E-state index >= 15 is 0 Å². The van der Waals surface area contributed by atoms with Crippen LogP contribution in [0.2, 0.25) is 0 Å². The van der Waals surface area contributed by atoms with Crippen LogP contribution in [0, 0.1) is 0 Å². The molecule has 1 aromatic carbocycles. The fourth-order valence-electron chi connectivity index (χ4n) is 1.55. The third-order valence-electron chi connectivity index (χ3n) is 2.49. The molecule has 19 heavy (non-hydrogen) atoms. The molecule has 0 heterocycles. The Morgan fingerprint density at radius 2 is 1.79 bits per heavy atom. The molecule has 0 saturated heterocycles. The lowest BCUT2D eigenvalue weighted by Crippen LogP contribution is -2.25. The second-order valence-corrected chi connectivity index (χ2v) is 6.13. The van der Waals surface area contributed by atoms with Gasteiger partial charge in [-0.15, -0.1) is 0 Å². The highest BCUT2D eigenvalue weighted by Crippen LogP contribution is 2.15. The second-order valence-electron chi connectivity index (χ2n) is 4.57. The van der Waals surface area contributed by atoms with Crippen LogP contribution in [0.4, 0.5) is 0 Å². The number of amides is 1. The lowest BCUT2D eigenvalue weighted by molar-refractivity contribution is -0.117. The van der Waals surface area contributed by atoms with E-state index in [0.29, 0.717) is 0 Å². The lowest BCUT2D eigenvalue weighted by atomic mass is 10.1. The van der Waals surface area contributed by atoms with Crippen LogP contribution in [0.5, 0.6) is 0 Å². The second kappa shape index (κ2) is 5.99. The summed E-state index contributed by atoms with van der Waals surface area (Å²) in [6.07, 6.45) is 1.51. The van der Waals surface area contributed by atoms with Crippen LogP contribution in [0.3, 0.4) is 0 Å². The van der Waals surface area contributed by atoms with Crippen molar-refractivity contribution in [1.82, 2.24) is 5.32 Å². The lowest BCUT2D eigenvalue weighted by Gasteiger charge is -2.13. The Hall–Kier alpha value is -1.66. The van der Waals surface area contributed by atoms with Crippen LogP contribution in [0.25, 0.3) is 0 Å². The van der Waals surface area contributed by atoms with E-state index in [-0.39, 0.29) is 16.8 Å². The number of allylic oxidation sites excluding steroid dienone is 1. The minimum Gasteiger partial charge on any atom is -0.346 e. The molecule has 1 aromatic rings. The molecular formula is C13H18N2O3S. The average Bonchev–Trinajstić information content (AvgIpc) is 2.26. The van der Waals surface area contributed by atoms with Gasteiger partial charge in [0.1, 0.15) is 0 Å². The van der Waals surface area contributed by atoms with Gasteiger partial charge in [0, 0.05) is 6.08 Å². The highest BCUT2D eigenvalue weighted by atomic mass is 32.2. The van der Waals surface area contributed by atoms with E-state index in [2.05, 4.69) is 5.32 Å². The van der Waals surface area contributed by atoms with Gasteiger partial charge in [-0.3, -0.25) is 4.79 Å². The number of benzene rings is 1. The first kappa shape index (κ1) is 15.4. The molecule has 0 saturated carbocycles. The van der Waals surface area contributed by atoms with Crippen molar-refractivity contribution >= 4 is 15.9 Å². The molecule has 104 valence electrons. The molecule has 0 bridgehead atoms. The van der Waals surface area contributed by atoms with Crippen molar-refractivity contribution in [2.24, 2.45) is 5.14 Å². The number of primary sulfonamides is 1. The van der Waals surface area contributed by atoms with Crippen molar-refractivity contribution in [3.8, 4) is 0 Å². The molecule has 5 nitrogen and oxygen atoms in total. The number of hydrogen-bond donors (Lipinski definition) is 2. The van der Waals surface area contributed by atoms with Gasteiger partial charge in [-0.1, -0.05) is 17.7 Å². The third-order valence-corrected chi connectivity index (χ3v) is 3.42. The zero-order valence-electron chi connectivity index (χ0n) is 11.2.